The Bertz CT molecular complexity index is 2910. The zero-order valence-corrected chi connectivity index (χ0v) is 40.9. The predicted octanol–water partition coefficient (Wildman–Crippen LogP) is -2.81. The maximum absolute atomic E-state index is 14.5. The molecule has 398 valence electrons. The van der Waals surface area contributed by atoms with Crippen LogP contribution < -0.4 is 81.4 Å². The molecule has 1 heterocycles. The number of aliphatic hydroxyl groups is 1. The van der Waals surface area contributed by atoms with Gasteiger partial charge >= 0.3 is 0 Å². The van der Waals surface area contributed by atoms with Gasteiger partial charge in [0.25, 0.3) is 29.5 Å². The van der Waals surface area contributed by atoms with E-state index in [0.29, 0.717) is 38.1 Å². The summed E-state index contributed by atoms with van der Waals surface area (Å²) in [4.78, 5) is 92.2. The molecule has 0 saturated heterocycles. The number of aromatic hydroxyl groups is 1. The largest absolute Gasteiger partial charge is 0.508 e. The first-order valence-electron chi connectivity index (χ1n) is 21.9. The highest BCUT2D eigenvalue weighted by Gasteiger charge is 2.36. The Morgan fingerprint density at radius 3 is 1.32 bits per heavy atom. The quantitative estimate of drug-likeness (QED) is 0.0189. The van der Waals surface area contributed by atoms with Crippen molar-refractivity contribution in [3.05, 3.63) is 130 Å². The van der Waals surface area contributed by atoms with Crippen molar-refractivity contribution in [2.75, 3.05) is 4.90 Å². The Kier molecular flexibility index (Phi) is 19.5. The zero-order chi connectivity index (χ0) is 55.8. The van der Waals surface area contributed by atoms with E-state index in [2.05, 4.69) is 42.5 Å². The maximum Gasteiger partial charge on any atom is 0.271 e. The van der Waals surface area contributed by atoms with E-state index < -0.39 is 96.2 Å². The van der Waals surface area contributed by atoms with Gasteiger partial charge in [0.2, 0.25) is 18.1 Å². The first kappa shape index (κ1) is 56.9. The summed E-state index contributed by atoms with van der Waals surface area (Å²) in [5.41, 5.74) is 29.3. The van der Waals surface area contributed by atoms with Gasteiger partial charge in [0.15, 0.2) is 48.5 Å². The molecule has 6 amide bonds. The standard InChI is InChI=1S/C45H51Cl2N21O8/c46-24-12-8-21(9-13-24)27-18-28(22-10-14-25(47)15-11-22)58-45(57-27)68(19-20-6-16-26(69)17-7-20)40(76)39(75)59-29(23-4-2-1-3-5-23)35(71)61-32(65-42(51)52)37(73)63-34(67-44(55)56)38(74)62-33(66-43(53)54)36(72)60-31(30(48)70)64-41(49)50/h1-18,29,31-34,40,69,76H,19H2,(H2,48,70)(H,59,75)(H,60,72)(H,61,71)(H,62,74)(H,63,73)(H4,49,50,64)(H4,51,52,65)(H4,53,54,66)(H4,55,56,67). The fourth-order valence-electron chi connectivity index (χ4n) is 6.67. The normalized spacial score (nSPS) is 13.0. The number of phenolic OH excluding ortho intramolecular Hbond substituents is 1. The third-order valence-electron chi connectivity index (χ3n) is 10.2. The van der Waals surface area contributed by atoms with E-state index in [0.717, 1.165) is 4.90 Å². The lowest BCUT2D eigenvalue weighted by Crippen LogP contribution is -2.68. The first-order valence-corrected chi connectivity index (χ1v) is 22.7. The predicted molar refractivity (Wildman–Crippen MR) is 278 cm³/mol. The molecule has 25 N–H and O–H groups in total. The van der Waals surface area contributed by atoms with Gasteiger partial charge in [-0.3, -0.25) is 50.4 Å². The van der Waals surface area contributed by atoms with Crippen molar-refractivity contribution in [3.63, 3.8) is 0 Å². The molecule has 0 saturated carbocycles. The summed E-state index contributed by atoms with van der Waals surface area (Å²) in [5.74, 6) is -11.5. The number of rotatable bonds is 22. The number of nitrogens with two attached hydrogens (primary N) is 5. The monoisotopic (exact) mass is 1080 g/mol. The number of hydrogen-bond donors (Lipinski definition) is 20. The van der Waals surface area contributed by atoms with Gasteiger partial charge in [-0.2, -0.15) is 0 Å². The van der Waals surface area contributed by atoms with E-state index in [1.54, 1.807) is 60.7 Å². The number of anilines is 1. The number of primary amides is 1. The number of nitrogens with one attached hydrogen (secondary N) is 13. The minimum Gasteiger partial charge on any atom is -0.508 e. The van der Waals surface area contributed by atoms with Gasteiger partial charge in [0.1, 0.15) is 11.8 Å². The van der Waals surface area contributed by atoms with E-state index in [1.807, 2.05) is 5.32 Å². The molecule has 5 rings (SSSR count). The van der Waals surface area contributed by atoms with E-state index in [9.17, 15) is 39.0 Å². The molecule has 0 aliphatic carbocycles. The Hall–Kier alpha value is -10.0. The van der Waals surface area contributed by atoms with Crippen LogP contribution in [0.5, 0.6) is 5.75 Å². The number of halogens is 2. The van der Waals surface area contributed by atoms with Crippen molar-refractivity contribution >= 4 is 88.4 Å². The second-order valence-electron chi connectivity index (χ2n) is 15.9. The Balaban J connectivity index is 1.47. The highest BCUT2D eigenvalue weighted by atomic mass is 35.5. The second kappa shape index (κ2) is 26.1. The van der Waals surface area contributed by atoms with Crippen molar-refractivity contribution in [1.82, 2.24) is 57.8 Å². The first-order chi connectivity index (χ1) is 36.0. The summed E-state index contributed by atoms with van der Waals surface area (Å²) in [5, 5.41) is 73.1. The van der Waals surface area contributed by atoms with E-state index >= 15 is 0 Å². The van der Waals surface area contributed by atoms with Crippen LogP contribution in [0.15, 0.2) is 109 Å². The number of aromatic nitrogens is 2. The number of hydrogen-bond acceptors (Lipinski definition) is 15. The minimum atomic E-state index is -2.20. The number of carbonyl (C=O) groups is 6. The van der Waals surface area contributed by atoms with E-state index in [-0.39, 0.29) is 23.8 Å². The number of phenols is 1. The number of carbonyl (C=O) groups excluding carboxylic acids is 6. The summed E-state index contributed by atoms with van der Waals surface area (Å²) in [7, 11) is 0. The molecule has 5 aromatic rings. The molecule has 6 atom stereocenters. The van der Waals surface area contributed by atoms with Crippen molar-refractivity contribution in [1.29, 1.82) is 21.6 Å². The molecule has 4 aromatic carbocycles. The molecule has 1 aromatic heterocycles. The Morgan fingerprint density at radius 1 is 0.513 bits per heavy atom. The molecular weight excluding hydrogens is 1030 g/mol. The lowest BCUT2D eigenvalue weighted by Gasteiger charge is -2.30. The maximum atomic E-state index is 14.5. The van der Waals surface area contributed by atoms with Crippen LogP contribution >= 0.6 is 23.2 Å². The number of guanidine groups is 4. The van der Waals surface area contributed by atoms with Crippen molar-refractivity contribution in [3.8, 4) is 28.3 Å². The molecule has 0 radical (unpaired) electrons. The van der Waals surface area contributed by atoms with Gasteiger partial charge in [-0.1, -0.05) is 89.9 Å². The highest BCUT2D eigenvalue weighted by Crippen LogP contribution is 2.30. The summed E-state index contributed by atoms with van der Waals surface area (Å²) in [6.07, 6.45) is -10.3. The van der Waals surface area contributed by atoms with Crippen LogP contribution in [0.1, 0.15) is 17.2 Å². The second-order valence-corrected chi connectivity index (χ2v) is 16.7. The molecule has 0 aliphatic heterocycles. The highest BCUT2D eigenvalue weighted by molar-refractivity contribution is 6.31. The van der Waals surface area contributed by atoms with E-state index in [4.69, 9.17) is 83.5 Å². The molecule has 29 nitrogen and oxygen atoms in total. The third kappa shape index (κ3) is 16.5. The fourth-order valence-corrected chi connectivity index (χ4v) is 6.92. The molecular formula is C45H51Cl2N21O8. The summed E-state index contributed by atoms with van der Waals surface area (Å²) < 4.78 is 0. The van der Waals surface area contributed by atoms with Gasteiger partial charge in [0, 0.05) is 27.7 Å². The topological polar surface area (TPSA) is 506 Å². The van der Waals surface area contributed by atoms with Gasteiger partial charge in [0.05, 0.1) is 11.4 Å². The molecule has 76 heavy (non-hydrogen) atoms. The van der Waals surface area contributed by atoms with Crippen molar-refractivity contribution in [2.24, 2.45) is 28.7 Å². The zero-order valence-electron chi connectivity index (χ0n) is 39.4. The SMILES string of the molecule is N=C(N)NC(NC(=O)C(NC(=N)N)NC(=O)C(NC(=N)N)NC(=O)C(NC(=N)N)NC(=O)C(NC(=O)C(O)N(Cc1ccc(O)cc1)c1nc(-c2ccc(Cl)cc2)cc(-c2ccc(Cl)cc2)n1)c1ccccc1)C(N)=O. The summed E-state index contributed by atoms with van der Waals surface area (Å²) >= 11 is 12.4. The van der Waals surface area contributed by atoms with Crippen LogP contribution in [0.4, 0.5) is 5.95 Å². The van der Waals surface area contributed by atoms with Gasteiger partial charge < -0.3 is 91.6 Å². The smallest absolute Gasteiger partial charge is 0.271 e. The lowest BCUT2D eigenvalue weighted by atomic mass is 10.1. The lowest BCUT2D eigenvalue weighted by molar-refractivity contribution is -0.136. The molecule has 31 heteroatoms. The molecule has 0 fully saturated rings. The van der Waals surface area contributed by atoms with Crippen LogP contribution in [0.2, 0.25) is 10.0 Å². The van der Waals surface area contributed by atoms with Crippen LogP contribution in [0, 0.1) is 21.6 Å². The number of benzene rings is 4. The fraction of sp³-hybridized carbons (Fsp3) is 0.156. The number of aliphatic hydroxyl groups excluding tert-OH is 1. The van der Waals surface area contributed by atoms with Crippen LogP contribution in [-0.2, 0) is 35.3 Å². The average Bonchev–Trinajstić information content (AvgIpc) is 3.36. The third-order valence-corrected chi connectivity index (χ3v) is 10.7. The molecule has 0 spiro atoms. The molecule has 6 unspecified atom stereocenters. The van der Waals surface area contributed by atoms with E-state index in [1.165, 1.54) is 48.5 Å². The molecule has 0 bridgehead atoms. The van der Waals surface area contributed by atoms with Gasteiger partial charge in [-0.25, -0.2) is 9.97 Å². The Labute approximate surface area is 441 Å². The Morgan fingerprint density at radius 2 is 0.908 bits per heavy atom. The summed E-state index contributed by atoms with van der Waals surface area (Å²) in [6, 6.07) is 26.6. The molecule has 0 aliphatic rings. The van der Waals surface area contributed by atoms with Gasteiger partial charge in [-0.05, 0) is 53.6 Å². The number of amides is 6. The van der Waals surface area contributed by atoms with Crippen LogP contribution in [0.25, 0.3) is 22.5 Å². The average molecular weight is 1080 g/mol. The van der Waals surface area contributed by atoms with Crippen molar-refractivity contribution in [2.45, 2.75) is 43.5 Å². The van der Waals surface area contributed by atoms with Gasteiger partial charge in [-0.15, -0.1) is 0 Å². The van der Waals surface area contributed by atoms with Crippen LogP contribution in [-0.4, -0.2) is 110 Å². The minimum absolute atomic E-state index is 0.0753. The van der Waals surface area contributed by atoms with Crippen LogP contribution in [0.3, 0.4) is 0 Å². The number of nitrogens with zero attached hydrogens (tertiary/aromatic N) is 3. The summed E-state index contributed by atoms with van der Waals surface area (Å²) in [6.45, 7) is -0.268. The van der Waals surface area contributed by atoms with Crippen molar-refractivity contribution < 1.29 is 39.0 Å².